The van der Waals surface area contributed by atoms with Crippen LogP contribution in [-0.4, -0.2) is 27.0 Å². The minimum absolute atomic E-state index is 0. The van der Waals surface area contributed by atoms with Gasteiger partial charge >= 0.3 is 0 Å². The lowest BCUT2D eigenvalue weighted by Crippen LogP contribution is -2.46. The van der Waals surface area contributed by atoms with Crippen molar-refractivity contribution in [2.24, 2.45) is 0 Å². The maximum Gasteiger partial charge on any atom is 0.242 e. The highest BCUT2D eigenvalue weighted by atomic mass is 35.5. The van der Waals surface area contributed by atoms with Crippen molar-refractivity contribution >= 4 is 45.6 Å². The molecular formula is C12H17Cl3N2O2S. The number of hydrogen-bond donors (Lipinski definition) is 2. The second-order valence-electron chi connectivity index (χ2n) is 4.77. The molecule has 8 heteroatoms. The Balaban J connectivity index is 0.00000200. The van der Waals surface area contributed by atoms with Gasteiger partial charge in [0, 0.05) is 17.1 Å². The molecule has 0 radical (unpaired) electrons. The minimum atomic E-state index is -3.63. The van der Waals surface area contributed by atoms with E-state index in [1.54, 1.807) is 6.07 Å². The molecule has 0 aliphatic carbocycles. The van der Waals surface area contributed by atoms with Crippen LogP contribution < -0.4 is 10.0 Å². The van der Waals surface area contributed by atoms with Gasteiger partial charge in [0.05, 0.1) is 5.02 Å². The third kappa shape index (κ3) is 4.48. The highest BCUT2D eigenvalue weighted by molar-refractivity contribution is 7.89. The zero-order valence-electron chi connectivity index (χ0n) is 10.9. The molecule has 0 saturated carbocycles. The van der Waals surface area contributed by atoms with Crippen molar-refractivity contribution in [2.75, 3.05) is 6.54 Å². The normalized spacial score (nSPS) is 23.1. The molecule has 114 valence electrons. The van der Waals surface area contributed by atoms with Gasteiger partial charge in [-0.05, 0) is 44.5 Å². The molecule has 0 amide bonds. The monoisotopic (exact) mass is 358 g/mol. The summed E-state index contributed by atoms with van der Waals surface area (Å²) in [5.41, 5.74) is 0. The summed E-state index contributed by atoms with van der Waals surface area (Å²) in [6.45, 7) is 2.84. The Morgan fingerprint density at radius 1 is 1.35 bits per heavy atom. The standard InChI is InChI=1S/C12H16Cl2N2O2S.ClH/c1-8-6-10(4-5-15-8)16-19(17,18)12-7-9(13)2-3-11(12)14;/h2-3,7-8,10,15-16H,4-6H2,1H3;1H. The lowest BCUT2D eigenvalue weighted by Gasteiger charge is -2.28. The van der Waals surface area contributed by atoms with Crippen molar-refractivity contribution in [1.29, 1.82) is 0 Å². The van der Waals surface area contributed by atoms with Crippen molar-refractivity contribution < 1.29 is 8.42 Å². The first kappa shape index (κ1) is 18.0. The maximum atomic E-state index is 12.3. The molecular weight excluding hydrogens is 343 g/mol. The first-order chi connectivity index (χ1) is 8.88. The first-order valence-corrected chi connectivity index (χ1v) is 8.33. The molecule has 1 saturated heterocycles. The third-order valence-corrected chi connectivity index (χ3v) is 5.37. The molecule has 1 aromatic rings. The average molecular weight is 360 g/mol. The molecule has 0 spiro atoms. The SMILES string of the molecule is CC1CC(NS(=O)(=O)c2cc(Cl)ccc2Cl)CCN1.Cl. The number of halogens is 3. The number of sulfonamides is 1. The van der Waals surface area contributed by atoms with E-state index in [1.165, 1.54) is 12.1 Å². The number of nitrogens with one attached hydrogen (secondary N) is 2. The van der Waals surface area contributed by atoms with Crippen LogP contribution in [0.4, 0.5) is 0 Å². The van der Waals surface area contributed by atoms with Crippen molar-refractivity contribution in [3.8, 4) is 0 Å². The lowest BCUT2D eigenvalue weighted by atomic mass is 10.0. The third-order valence-electron chi connectivity index (χ3n) is 3.13. The Hall–Kier alpha value is -0.0400. The van der Waals surface area contributed by atoms with Gasteiger partial charge in [-0.3, -0.25) is 0 Å². The van der Waals surface area contributed by atoms with Gasteiger partial charge in [-0.25, -0.2) is 13.1 Å². The molecule has 1 aliphatic rings. The predicted molar refractivity (Wildman–Crippen MR) is 84.5 cm³/mol. The smallest absolute Gasteiger partial charge is 0.242 e. The van der Waals surface area contributed by atoms with E-state index in [0.29, 0.717) is 11.1 Å². The van der Waals surface area contributed by atoms with Crippen LogP contribution in [0.3, 0.4) is 0 Å². The predicted octanol–water partition coefficient (Wildman–Crippen LogP) is 2.83. The van der Waals surface area contributed by atoms with E-state index in [1.807, 2.05) is 6.92 Å². The summed E-state index contributed by atoms with van der Waals surface area (Å²) in [6, 6.07) is 4.66. The summed E-state index contributed by atoms with van der Waals surface area (Å²) in [5, 5.41) is 3.81. The lowest BCUT2D eigenvalue weighted by molar-refractivity contribution is 0.361. The Labute approximate surface area is 135 Å². The molecule has 1 heterocycles. The van der Waals surface area contributed by atoms with Gasteiger partial charge in [0.2, 0.25) is 10.0 Å². The van der Waals surface area contributed by atoms with Crippen LogP contribution in [0.1, 0.15) is 19.8 Å². The molecule has 1 aliphatic heterocycles. The zero-order valence-corrected chi connectivity index (χ0v) is 14.0. The largest absolute Gasteiger partial charge is 0.314 e. The summed E-state index contributed by atoms with van der Waals surface area (Å²) >= 11 is 11.8. The summed E-state index contributed by atoms with van der Waals surface area (Å²) < 4.78 is 27.3. The Bertz CT molecular complexity index is 566. The molecule has 1 aromatic carbocycles. The zero-order chi connectivity index (χ0) is 14.0. The molecule has 0 aromatic heterocycles. The molecule has 4 nitrogen and oxygen atoms in total. The van der Waals surface area contributed by atoms with Crippen molar-refractivity contribution in [3.05, 3.63) is 28.2 Å². The molecule has 2 unspecified atom stereocenters. The van der Waals surface area contributed by atoms with Crippen LogP contribution >= 0.6 is 35.6 Å². The van der Waals surface area contributed by atoms with Gasteiger partial charge in [-0.15, -0.1) is 12.4 Å². The molecule has 2 atom stereocenters. The van der Waals surface area contributed by atoms with Crippen LogP contribution in [0.2, 0.25) is 10.0 Å². The average Bonchev–Trinajstić information content (AvgIpc) is 2.31. The second-order valence-corrected chi connectivity index (χ2v) is 7.30. The van der Waals surface area contributed by atoms with Gasteiger partial charge in [0.25, 0.3) is 0 Å². The second kappa shape index (κ2) is 7.29. The number of rotatable bonds is 3. The van der Waals surface area contributed by atoms with Crippen LogP contribution in [0.25, 0.3) is 0 Å². The molecule has 20 heavy (non-hydrogen) atoms. The summed E-state index contributed by atoms with van der Waals surface area (Å²) in [7, 11) is -3.63. The fourth-order valence-corrected chi connectivity index (χ4v) is 4.25. The van der Waals surface area contributed by atoms with Crippen molar-refractivity contribution in [2.45, 2.75) is 36.7 Å². The van der Waals surface area contributed by atoms with E-state index in [0.717, 1.165) is 19.4 Å². The van der Waals surface area contributed by atoms with E-state index in [2.05, 4.69) is 10.0 Å². The minimum Gasteiger partial charge on any atom is -0.314 e. The van der Waals surface area contributed by atoms with Crippen LogP contribution in [-0.2, 0) is 10.0 Å². The van der Waals surface area contributed by atoms with Crippen molar-refractivity contribution in [1.82, 2.24) is 10.0 Å². The summed E-state index contributed by atoms with van der Waals surface area (Å²) in [5.74, 6) is 0. The summed E-state index contributed by atoms with van der Waals surface area (Å²) in [6.07, 6.45) is 1.53. The van der Waals surface area contributed by atoms with E-state index >= 15 is 0 Å². The van der Waals surface area contributed by atoms with E-state index in [4.69, 9.17) is 23.2 Å². The van der Waals surface area contributed by atoms with Crippen molar-refractivity contribution in [3.63, 3.8) is 0 Å². The van der Waals surface area contributed by atoms with Gasteiger partial charge in [0.15, 0.2) is 0 Å². The summed E-state index contributed by atoms with van der Waals surface area (Å²) in [4.78, 5) is 0.0350. The molecule has 2 N–H and O–H groups in total. The van der Waals surface area contributed by atoms with Crippen LogP contribution in [0, 0.1) is 0 Å². The van der Waals surface area contributed by atoms with Crippen LogP contribution in [0.15, 0.2) is 23.1 Å². The highest BCUT2D eigenvalue weighted by Gasteiger charge is 2.26. The first-order valence-electron chi connectivity index (χ1n) is 6.09. The van der Waals surface area contributed by atoms with E-state index in [9.17, 15) is 8.42 Å². The number of piperidine rings is 1. The quantitative estimate of drug-likeness (QED) is 0.872. The van der Waals surface area contributed by atoms with Gasteiger partial charge < -0.3 is 5.32 Å². The number of hydrogen-bond acceptors (Lipinski definition) is 3. The molecule has 0 bridgehead atoms. The Morgan fingerprint density at radius 3 is 2.70 bits per heavy atom. The Morgan fingerprint density at radius 2 is 2.05 bits per heavy atom. The van der Waals surface area contributed by atoms with Gasteiger partial charge in [-0.1, -0.05) is 23.2 Å². The van der Waals surface area contributed by atoms with E-state index < -0.39 is 10.0 Å². The van der Waals surface area contributed by atoms with Crippen LogP contribution in [0.5, 0.6) is 0 Å². The number of benzene rings is 1. The van der Waals surface area contributed by atoms with Gasteiger partial charge in [-0.2, -0.15) is 0 Å². The fraction of sp³-hybridized carbons (Fsp3) is 0.500. The molecule has 1 fully saturated rings. The fourth-order valence-electron chi connectivity index (χ4n) is 2.20. The Kier molecular flexibility index (Phi) is 6.57. The maximum absolute atomic E-state index is 12.3. The van der Waals surface area contributed by atoms with E-state index in [-0.39, 0.29) is 28.4 Å². The van der Waals surface area contributed by atoms with Gasteiger partial charge in [0.1, 0.15) is 4.90 Å². The molecule has 2 rings (SSSR count). The topological polar surface area (TPSA) is 58.2 Å². The highest BCUT2D eigenvalue weighted by Crippen LogP contribution is 2.25.